The number of hydrogen-bond donors (Lipinski definition) is 0. The molecule has 114 valence electrons. The second-order valence-electron chi connectivity index (χ2n) is 4.48. The van der Waals surface area contributed by atoms with Crippen molar-refractivity contribution in [1.82, 2.24) is 0 Å². The molecule has 0 saturated heterocycles. The zero-order valence-electron chi connectivity index (χ0n) is 12.1. The monoisotopic (exact) mass is 318 g/mol. The van der Waals surface area contributed by atoms with Crippen LogP contribution in [0.25, 0.3) is 6.08 Å². The summed E-state index contributed by atoms with van der Waals surface area (Å²) in [5, 5.41) is 3.68. The van der Waals surface area contributed by atoms with Crippen LogP contribution in [0.15, 0.2) is 29.0 Å². The molecule has 1 aromatic carbocycles. The van der Waals surface area contributed by atoms with Crippen molar-refractivity contribution in [3.8, 4) is 23.0 Å². The number of benzene rings is 1. The largest absolute Gasteiger partial charge is 0.493 e. The lowest BCUT2D eigenvalue weighted by atomic mass is 10.1. The van der Waals surface area contributed by atoms with E-state index in [1.807, 2.05) is 10.8 Å². The standard InChI is InChI=1S/C16H14O5S/c1-18-13-7-10(3-4-12(17)11-5-6-22-8-11)14(19-2)16-15(13)20-9-21-16/h3-8H,9H2,1-2H3/b4-3+. The Balaban J connectivity index is 1.98. The second-order valence-corrected chi connectivity index (χ2v) is 5.26. The topological polar surface area (TPSA) is 54.0 Å². The normalized spacial score (nSPS) is 12.6. The molecule has 0 fully saturated rings. The molecule has 0 saturated carbocycles. The molecule has 1 aliphatic rings. The molecule has 0 unspecified atom stereocenters. The van der Waals surface area contributed by atoms with Crippen molar-refractivity contribution >= 4 is 23.2 Å². The van der Waals surface area contributed by atoms with E-state index in [1.165, 1.54) is 17.4 Å². The fourth-order valence-electron chi connectivity index (χ4n) is 2.19. The van der Waals surface area contributed by atoms with Gasteiger partial charge in [0.2, 0.25) is 18.3 Å². The Labute approximate surface area is 131 Å². The van der Waals surface area contributed by atoms with Crippen molar-refractivity contribution in [2.45, 2.75) is 0 Å². The van der Waals surface area contributed by atoms with Crippen molar-refractivity contribution in [3.63, 3.8) is 0 Å². The first-order valence-electron chi connectivity index (χ1n) is 6.53. The Hall–Kier alpha value is -2.47. The molecular weight excluding hydrogens is 304 g/mol. The summed E-state index contributed by atoms with van der Waals surface area (Å²) in [5.41, 5.74) is 1.35. The van der Waals surface area contributed by atoms with E-state index in [-0.39, 0.29) is 12.6 Å². The Morgan fingerprint density at radius 2 is 2.09 bits per heavy atom. The van der Waals surface area contributed by atoms with Gasteiger partial charge in [0.05, 0.1) is 14.2 Å². The van der Waals surface area contributed by atoms with Gasteiger partial charge in [0.25, 0.3) is 0 Å². The van der Waals surface area contributed by atoms with E-state index >= 15 is 0 Å². The Bertz CT molecular complexity index is 719. The van der Waals surface area contributed by atoms with Crippen molar-refractivity contribution in [2.75, 3.05) is 21.0 Å². The number of ketones is 1. The molecule has 0 atom stereocenters. The maximum Gasteiger partial charge on any atom is 0.231 e. The minimum atomic E-state index is -0.0695. The SMILES string of the molecule is COc1cc(/C=C/C(=O)c2ccsc2)c(OC)c2c1OCO2. The quantitative estimate of drug-likeness (QED) is 0.625. The molecule has 3 rings (SSSR count). The van der Waals surface area contributed by atoms with Gasteiger partial charge in [-0.2, -0.15) is 11.3 Å². The van der Waals surface area contributed by atoms with E-state index in [0.717, 1.165) is 0 Å². The van der Waals surface area contributed by atoms with E-state index < -0.39 is 0 Å². The molecule has 5 nitrogen and oxygen atoms in total. The first-order valence-corrected chi connectivity index (χ1v) is 7.48. The van der Waals surface area contributed by atoms with E-state index in [1.54, 1.807) is 32.4 Å². The van der Waals surface area contributed by atoms with Crippen LogP contribution in [0.1, 0.15) is 15.9 Å². The Kier molecular flexibility index (Phi) is 4.02. The molecular formula is C16H14O5S. The number of thiophene rings is 1. The predicted octanol–water partition coefficient (Wildman–Crippen LogP) is 3.39. The van der Waals surface area contributed by atoms with Crippen LogP contribution in [0, 0.1) is 0 Å². The van der Waals surface area contributed by atoms with Gasteiger partial charge in [-0.1, -0.05) is 0 Å². The first-order chi connectivity index (χ1) is 10.7. The lowest BCUT2D eigenvalue weighted by Crippen LogP contribution is -1.95. The van der Waals surface area contributed by atoms with Gasteiger partial charge in [0.15, 0.2) is 17.3 Å². The predicted molar refractivity (Wildman–Crippen MR) is 83.4 cm³/mol. The lowest BCUT2D eigenvalue weighted by Gasteiger charge is -2.11. The van der Waals surface area contributed by atoms with Crippen molar-refractivity contribution in [1.29, 1.82) is 0 Å². The summed E-state index contributed by atoms with van der Waals surface area (Å²) in [6.07, 6.45) is 3.19. The van der Waals surface area contributed by atoms with Crippen LogP contribution in [0.3, 0.4) is 0 Å². The summed E-state index contributed by atoms with van der Waals surface area (Å²) >= 11 is 1.48. The van der Waals surface area contributed by atoms with E-state index in [4.69, 9.17) is 18.9 Å². The van der Waals surface area contributed by atoms with Gasteiger partial charge < -0.3 is 18.9 Å². The third-order valence-electron chi connectivity index (χ3n) is 3.24. The van der Waals surface area contributed by atoms with E-state index in [2.05, 4.69) is 0 Å². The van der Waals surface area contributed by atoms with Crippen molar-refractivity contribution in [2.24, 2.45) is 0 Å². The molecule has 0 bridgehead atoms. The first kappa shape index (κ1) is 14.5. The lowest BCUT2D eigenvalue weighted by molar-refractivity contribution is 0.104. The van der Waals surface area contributed by atoms with Crippen LogP contribution in [0.5, 0.6) is 23.0 Å². The van der Waals surface area contributed by atoms with Crippen molar-refractivity contribution in [3.05, 3.63) is 40.1 Å². The number of methoxy groups -OCH3 is 2. The number of allylic oxidation sites excluding steroid dienone is 1. The summed E-state index contributed by atoms with van der Waals surface area (Å²) in [5.74, 6) is 1.99. The fraction of sp³-hybridized carbons (Fsp3) is 0.188. The summed E-state index contributed by atoms with van der Waals surface area (Å²) in [6.45, 7) is 0.114. The average Bonchev–Trinajstić information content (AvgIpc) is 3.22. The van der Waals surface area contributed by atoms with E-state index in [0.29, 0.717) is 34.1 Å². The molecule has 22 heavy (non-hydrogen) atoms. The second kappa shape index (κ2) is 6.11. The number of carbonyl (C=O) groups excluding carboxylic acids is 1. The average molecular weight is 318 g/mol. The molecule has 1 aliphatic heterocycles. The molecule has 0 amide bonds. The highest BCUT2D eigenvalue weighted by molar-refractivity contribution is 7.08. The summed E-state index contributed by atoms with van der Waals surface area (Å²) in [4.78, 5) is 12.1. The number of rotatable bonds is 5. The van der Waals surface area contributed by atoms with Gasteiger partial charge in [-0.05, 0) is 29.7 Å². The van der Waals surface area contributed by atoms with Gasteiger partial charge in [-0.25, -0.2) is 0 Å². The molecule has 0 N–H and O–H groups in total. The fourth-order valence-corrected chi connectivity index (χ4v) is 2.83. The maximum absolute atomic E-state index is 12.1. The summed E-state index contributed by atoms with van der Waals surface area (Å²) < 4.78 is 21.5. The third-order valence-corrected chi connectivity index (χ3v) is 3.92. The molecule has 0 aliphatic carbocycles. The van der Waals surface area contributed by atoms with Gasteiger partial charge in [-0.3, -0.25) is 4.79 Å². The Morgan fingerprint density at radius 1 is 1.27 bits per heavy atom. The van der Waals surface area contributed by atoms with Crippen LogP contribution < -0.4 is 18.9 Å². The van der Waals surface area contributed by atoms with E-state index in [9.17, 15) is 4.79 Å². The highest BCUT2D eigenvalue weighted by Gasteiger charge is 2.26. The smallest absolute Gasteiger partial charge is 0.231 e. The van der Waals surface area contributed by atoms with Crippen LogP contribution in [-0.2, 0) is 0 Å². The summed E-state index contributed by atoms with van der Waals surface area (Å²) in [7, 11) is 3.09. The van der Waals surface area contributed by atoms with Gasteiger partial charge >= 0.3 is 0 Å². The molecule has 1 aromatic heterocycles. The third kappa shape index (κ3) is 2.53. The minimum absolute atomic E-state index is 0.0695. The van der Waals surface area contributed by atoms with Gasteiger partial charge in [-0.15, -0.1) is 0 Å². The number of fused-ring (bicyclic) bond motifs is 1. The van der Waals surface area contributed by atoms with Gasteiger partial charge in [0, 0.05) is 16.5 Å². The number of ether oxygens (including phenoxy) is 4. The van der Waals surface area contributed by atoms with Crippen LogP contribution in [0.2, 0.25) is 0 Å². The zero-order chi connectivity index (χ0) is 15.5. The molecule has 2 aromatic rings. The van der Waals surface area contributed by atoms with Gasteiger partial charge in [0.1, 0.15) is 0 Å². The highest BCUT2D eigenvalue weighted by Crippen LogP contribution is 2.49. The molecule has 6 heteroatoms. The minimum Gasteiger partial charge on any atom is -0.493 e. The number of hydrogen-bond acceptors (Lipinski definition) is 6. The number of carbonyl (C=O) groups is 1. The van der Waals surface area contributed by atoms with Crippen LogP contribution in [-0.4, -0.2) is 26.8 Å². The Morgan fingerprint density at radius 3 is 2.77 bits per heavy atom. The summed E-state index contributed by atoms with van der Waals surface area (Å²) in [6, 6.07) is 3.54. The molecule has 0 radical (unpaired) electrons. The molecule has 0 spiro atoms. The zero-order valence-corrected chi connectivity index (χ0v) is 12.9. The highest BCUT2D eigenvalue weighted by atomic mass is 32.1. The maximum atomic E-state index is 12.1. The van der Waals surface area contributed by atoms with Crippen molar-refractivity contribution < 1.29 is 23.7 Å². The van der Waals surface area contributed by atoms with Crippen LogP contribution >= 0.6 is 11.3 Å². The molecule has 2 heterocycles. The van der Waals surface area contributed by atoms with Crippen LogP contribution in [0.4, 0.5) is 0 Å².